The predicted molar refractivity (Wildman–Crippen MR) is 86.1 cm³/mol. The zero-order valence-electron chi connectivity index (χ0n) is 14.2. The molecule has 1 saturated carbocycles. The van der Waals surface area contributed by atoms with Gasteiger partial charge in [0.05, 0.1) is 17.7 Å². The number of amides is 1. The van der Waals surface area contributed by atoms with Gasteiger partial charge in [0.15, 0.2) is 0 Å². The highest BCUT2D eigenvalue weighted by molar-refractivity contribution is 5.73. The molecule has 8 heteroatoms. The Morgan fingerprint density at radius 1 is 1.28 bits per heavy atom. The number of aromatic nitrogens is 1. The van der Waals surface area contributed by atoms with E-state index in [0.717, 1.165) is 38.2 Å². The first-order chi connectivity index (χ1) is 11.8. The van der Waals surface area contributed by atoms with E-state index in [-0.39, 0.29) is 18.1 Å². The average Bonchev–Trinajstić information content (AvgIpc) is 2.95. The number of hydrogen-bond acceptors (Lipinski definition) is 4. The molecule has 25 heavy (non-hydrogen) atoms. The van der Waals surface area contributed by atoms with E-state index in [0.29, 0.717) is 17.7 Å². The van der Waals surface area contributed by atoms with Gasteiger partial charge in [0, 0.05) is 33.3 Å². The van der Waals surface area contributed by atoms with Gasteiger partial charge in [-0.15, -0.1) is 0 Å². The van der Waals surface area contributed by atoms with Gasteiger partial charge in [-0.2, -0.15) is 13.2 Å². The van der Waals surface area contributed by atoms with Crippen LogP contribution < -0.4 is 10.2 Å². The van der Waals surface area contributed by atoms with Crippen molar-refractivity contribution in [3.05, 3.63) is 23.9 Å². The van der Waals surface area contributed by atoms with Crippen molar-refractivity contribution < 1.29 is 22.7 Å². The SMILES string of the molecule is CO[C@@H]1C[C@H]2CN(c3ccc(C(F)(F)F)cn3)C[C@H]2C[C@H]1NC(C)=O. The number of nitrogens with zero attached hydrogens (tertiary/aromatic N) is 2. The molecule has 2 aliphatic rings. The summed E-state index contributed by atoms with van der Waals surface area (Å²) >= 11 is 0. The summed E-state index contributed by atoms with van der Waals surface area (Å²) in [5.41, 5.74) is -0.738. The van der Waals surface area contributed by atoms with Gasteiger partial charge >= 0.3 is 6.18 Å². The van der Waals surface area contributed by atoms with Gasteiger partial charge in [-0.1, -0.05) is 0 Å². The van der Waals surface area contributed by atoms with E-state index in [1.807, 2.05) is 4.90 Å². The molecule has 138 valence electrons. The lowest BCUT2D eigenvalue weighted by molar-refractivity contribution is -0.137. The van der Waals surface area contributed by atoms with Crippen LogP contribution in [0.3, 0.4) is 0 Å². The van der Waals surface area contributed by atoms with Crippen LogP contribution >= 0.6 is 0 Å². The molecule has 1 aromatic heterocycles. The third-order valence-corrected chi connectivity index (χ3v) is 5.21. The molecule has 2 fully saturated rings. The minimum Gasteiger partial charge on any atom is -0.379 e. The van der Waals surface area contributed by atoms with E-state index < -0.39 is 11.7 Å². The summed E-state index contributed by atoms with van der Waals surface area (Å²) < 4.78 is 43.5. The zero-order valence-corrected chi connectivity index (χ0v) is 14.2. The van der Waals surface area contributed by atoms with Crippen LogP contribution in [0.15, 0.2) is 18.3 Å². The number of rotatable bonds is 3. The first-order valence-electron chi connectivity index (χ1n) is 8.36. The Morgan fingerprint density at radius 2 is 1.96 bits per heavy atom. The van der Waals surface area contributed by atoms with Crippen molar-refractivity contribution in [1.82, 2.24) is 10.3 Å². The number of methoxy groups -OCH3 is 1. The molecule has 0 bridgehead atoms. The third-order valence-electron chi connectivity index (χ3n) is 5.21. The standard InChI is InChI=1S/C17H22F3N3O2/c1-10(24)22-14-5-11-8-23(9-12(11)6-15(14)25-2)16-4-3-13(7-21-16)17(18,19)20/h3-4,7,11-12,14-15H,5-6,8-9H2,1-2H3,(H,22,24)/t11-,12+,14-,15-/m1/s1. The first-order valence-corrected chi connectivity index (χ1v) is 8.36. The highest BCUT2D eigenvalue weighted by atomic mass is 19.4. The van der Waals surface area contributed by atoms with Crippen molar-refractivity contribution in [1.29, 1.82) is 0 Å². The van der Waals surface area contributed by atoms with Crippen LogP contribution in [-0.4, -0.2) is 43.2 Å². The summed E-state index contributed by atoms with van der Waals surface area (Å²) in [7, 11) is 1.64. The topological polar surface area (TPSA) is 54.5 Å². The van der Waals surface area contributed by atoms with Crippen LogP contribution in [-0.2, 0) is 15.7 Å². The van der Waals surface area contributed by atoms with Crippen molar-refractivity contribution >= 4 is 11.7 Å². The maximum atomic E-state index is 12.7. The summed E-state index contributed by atoms with van der Waals surface area (Å²) in [6.45, 7) is 2.97. The number of ether oxygens (including phenoxy) is 1. The molecule has 0 radical (unpaired) electrons. The predicted octanol–water partition coefficient (Wildman–Crippen LogP) is 2.47. The van der Waals surface area contributed by atoms with Crippen molar-refractivity contribution in [2.24, 2.45) is 11.8 Å². The number of carbonyl (C=O) groups excluding carboxylic acids is 1. The molecule has 5 nitrogen and oxygen atoms in total. The smallest absolute Gasteiger partial charge is 0.379 e. The molecule has 1 N–H and O–H groups in total. The lowest BCUT2D eigenvalue weighted by atomic mass is 9.77. The Bertz CT molecular complexity index is 621. The fourth-order valence-corrected chi connectivity index (χ4v) is 4.01. The number of hydrogen-bond donors (Lipinski definition) is 1. The summed E-state index contributed by atoms with van der Waals surface area (Å²) in [5.74, 6) is 1.24. The van der Waals surface area contributed by atoms with E-state index in [9.17, 15) is 18.0 Å². The van der Waals surface area contributed by atoms with Crippen molar-refractivity contribution in [2.45, 2.75) is 38.1 Å². The molecule has 0 spiro atoms. The van der Waals surface area contributed by atoms with Crippen LogP contribution in [0.25, 0.3) is 0 Å². The molecular weight excluding hydrogens is 335 g/mol. The fourth-order valence-electron chi connectivity index (χ4n) is 4.01. The summed E-state index contributed by atoms with van der Waals surface area (Å²) in [5, 5.41) is 2.95. The number of fused-ring (bicyclic) bond motifs is 1. The van der Waals surface area contributed by atoms with Crippen molar-refractivity contribution in [3.63, 3.8) is 0 Å². The van der Waals surface area contributed by atoms with Crippen LogP contribution in [0.2, 0.25) is 0 Å². The van der Waals surface area contributed by atoms with E-state index in [1.165, 1.54) is 13.0 Å². The zero-order chi connectivity index (χ0) is 18.2. The highest BCUT2D eigenvalue weighted by Gasteiger charge is 2.43. The van der Waals surface area contributed by atoms with Crippen LogP contribution in [0, 0.1) is 11.8 Å². The molecular formula is C17H22F3N3O2. The molecule has 3 rings (SSSR count). The molecule has 0 unspecified atom stereocenters. The maximum Gasteiger partial charge on any atom is 0.417 e. The normalized spacial score (nSPS) is 29.4. The minimum absolute atomic E-state index is 0.0238. The van der Waals surface area contributed by atoms with Crippen LogP contribution in [0.4, 0.5) is 19.0 Å². The van der Waals surface area contributed by atoms with Crippen LogP contribution in [0.1, 0.15) is 25.3 Å². The Kier molecular flexibility index (Phi) is 4.90. The minimum atomic E-state index is -4.37. The molecule has 1 aliphatic heterocycles. The van der Waals surface area contributed by atoms with Gasteiger partial charge in [0.2, 0.25) is 5.91 Å². The average molecular weight is 357 g/mol. The van der Waals surface area contributed by atoms with E-state index >= 15 is 0 Å². The van der Waals surface area contributed by atoms with Gasteiger partial charge < -0.3 is 15.0 Å². The Balaban J connectivity index is 1.69. The third kappa shape index (κ3) is 3.89. The highest BCUT2D eigenvalue weighted by Crippen LogP contribution is 2.39. The quantitative estimate of drug-likeness (QED) is 0.903. The number of halogens is 3. The number of anilines is 1. The second-order valence-corrected chi connectivity index (χ2v) is 6.88. The second-order valence-electron chi connectivity index (χ2n) is 6.88. The van der Waals surface area contributed by atoms with Crippen molar-refractivity contribution in [3.8, 4) is 0 Å². The second kappa shape index (κ2) is 6.82. The number of carbonyl (C=O) groups is 1. The van der Waals surface area contributed by atoms with Gasteiger partial charge in [-0.05, 0) is 36.8 Å². The number of pyridine rings is 1. The molecule has 0 aromatic carbocycles. The monoisotopic (exact) mass is 357 g/mol. The fraction of sp³-hybridized carbons (Fsp3) is 0.647. The van der Waals surface area contributed by atoms with E-state index in [1.54, 1.807) is 7.11 Å². The van der Waals surface area contributed by atoms with E-state index in [4.69, 9.17) is 4.74 Å². The van der Waals surface area contributed by atoms with Crippen molar-refractivity contribution in [2.75, 3.05) is 25.1 Å². The van der Waals surface area contributed by atoms with Gasteiger partial charge in [-0.25, -0.2) is 4.98 Å². The Labute approximate surface area is 144 Å². The Morgan fingerprint density at radius 3 is 2.48 bits per heavy atom. The molecule has 1 aliphatic carbocycles. The molecule has 4 atom stereocenters. The summed E-state index contributed by atoms with van der Waals surface area (Å²) in [6.07, 6.45) is -1.90. The first kappa shape index (κ1) is 18.0. The molecule has 1 aromatic rings. The molecule has 1 amide bonds. The maximum absolute atomic E-state index is 12.7. The van der Waals surface area contributed by atoms with Gasteiger partial charge in [0.25, 0.3) is 0 Å². The number of nitrogens with one attached hydrogen (secondary N) is 1. The summed E-state index contributed by atoms with van der Waals surface area (Å²) in [6, 6.07) is 2.48. The van der Waals surface area contributed by atoms with E-state index in [2.05, 4.69) is 10.3 Å². The Hall–Kier alpha value is -1.83. The number of alkyl halides is 3. The largest absolute Gasteiger partial charge is 0.417 e. The molecule has 1 saturated heterocycles. The van der Waals surface area contributed by atoms with Gasteiger partial charge in [-0.3, -0.25) is 4.79 Å². The molecule has 2 heterocycles. The lowest BCUT2D eigenvalue weighted by Crippen LogP contribution is -2.49. The van der Waals surface area contributed by atoms with Crippen LogP contribution in [0.5, 0.6) is 0 Å². The van der Waals surface area contributed by atoms with Gasteiger partial charge in [0.1, 0.15) is 5.82 Å². The lowest BCUT2D eigenvalue weighted by Gasteiger charge is -2.37. The summed E-state index contributed by atoms with van der Waals surface area (Å²) in [4.78, 5) is 17.4.